The van der Waals surface area contributed by atoms with Gasteiger partial charge >= 0.3 is 5.97 Å². The van der Waals surface area contributed by atoms with Crippen molar-refractivity contribution in [2.45, 2.75) is 31.7 Å². The van der Waals surface area contributed by atoms with Crippen LogP contribution in [0.4, 0.5) is 0 Å². The van der Waals surface area contributed by atoms with Crippen molar-refractivity contribution in [1.82, 2.24) is 0 Å². The van der Waals surface area contributed by atoms with Gasteiger partial charge in [0.05, 0.1) is 0 Å². The van der Waals surface area contributed by atoms with Gasteiger partial charge < -0.3 is 10.8 Å². The highest BCUT2D eigenvalue weighted by Gasteiger charge is 2.43. The van der Waals surface area contributed by atoms with Gasteiger partial charge in [-0.1, -0.05) is 43.7 Å². The number of benzene rings is 1. The van der Waals surface area contributed by atoms with E-state index in [0.29, 0.717) is 5.02 Å². The molecule has 0 aliphatic heterocycles. The van der Waals surface area contributed by atoms with E-state index in [1.807, 2.05) is 26.0 Å². The van der Waals surface area contributed by atoms with Crippen molar-refractivity contribution in [1.29, 1.82) is 0 Å². The van der Waals surface area contributed by atoms with Gasteiger partial charge in [-0.25, -0.2) is 0 Å². The maximum Gasteiger partial charge on any atom is 0.324 e. The molecule has 0 aromatic heterocycles. The van der Waals surface area contributed by atoms with Crippen LogP contribution in [0, 0.1) is 5.92 Å². The first-order chi connectivity index (χ1) is 8.82. The molecule has 0 fully saturated rings. The number of rotatable bonds is 6. The fraction of sp³-hybridized carbons (Fsp3) is 0.400. The van der Waals surface area contributed by atoms with Crippen LogP contribution in [0.5, 0.6) is 0 Å². The van der Waals surface area contributed by atoms with Crippen LogP contribution in [-0.4, -0.2) is 16.6 Å². The van der Waals surface area contributed by atoms with Gasteiger partial charge in [0, 0.05) is 10.9 Å². The number of hydrogen-bond donors (Lipinski definition) is 2. The molecule has 2 unspecified atom stereocenters. The van der Waals surface area contributed by atoms with Crippen molar-refractivity contribution in [3.05, 3.63) is 47.5 Å². The molecule has 1 aromatic carbocycles. The lowest BCUT2D eigenvalue weighted by atomic mass is 9.71. The SMILES string of the molecule is C=CCC(N)(C(=O)O)C(c1ccc(Cl)cc1)C(C)C. The van der Waals surface area contributed by atoms with E-state index >= 15 is 0 Å². The van der Waals surface area contributed by atoms with Gasteiger partial charge in [0.15, 0.2) is 0 Å². The maximum absolute atomic E-state index is 11.6. The average Bonchev–Trinajstić information content (AvgIpc) is 2.31. The molecule has 2 atom stereocenters. The molecule has 0 saturated carbocycles. The Morgan fingerprint density at radius 3 is 2.37 bits per heavy atom. The molecule has 0 bridgehead atoms. The summed E-state index contributed by atoms with van der Waals surface area (Å²) in [4.78, 5) is 11.6. The van der Waals surface area contributed by atoms with Crippen molar-refractivity contribution in [3.8, 4) is 0 Å². The van der Waals surface area contributed by atoms with Crippen LogP contribution >= 0.6 is 11.6 Å². The number of carbonyl (C=O) groups is 1. The smallest absolute Gasteiger partial charge is 0.324 e. The van der Waals surface area contributed by atoms with Crippen molar-refractivity contribution in [2.24, 2.45) is 11.7 Å². The molecule has 3 nitrogen and oxygen atoms in total. The molecule has 0 aliphatic rings. The van der Waals surface area contributed by atoms with E-state index < -0.39 is 11.5 Å². The summed E-state index contributed by atoms with van der Waals surface area (Å²) in [5.74, 6) is -1.23. The molecule has 1 rings (SSSR count). The molecule has 0 aliphatic carbocycles. The molecule has 0 spiro atoms. The van der Waals surface area contributed by atoms with E-state index in [9.17, 15) is 9.90 Å². The molecular weight excluding hydrogens is 262 g/mol. The lowest BCUT2D eigenvalue weighted by molar-refractivity contribution is -0.144. The number of carboxylic acids is 1. The van der Waals surface area contributed by atoms with Crippen molar-refractivity contribution < 1.29 is 9.90 Å². The van der Waals surface area contributed by atoms with E-state index in [4.69, 9.17) is 17.3 Å². The van der Waals surface area contributed by atoms with E-state index in [1.54, 1.807) is 18.2 Å². The van der Waals surface area contributed by atoms with Gasteiger partial charge in [0.2, 0.25) is 0 Å². The summed E-state index contributed by atoms with van der Waals surface area (Å²) in [6.07, 6.45) is 1.77. The number of carboxylic acid groups (broad SMARTS) is 1. The predicted octanol–water partition coefficient (Wildman–Crippen LogP) is 3.44. The summed E-state index contributed by atoms with van der Waals surface area (Å²) in [5.41, 5.74) is 5.69. The van der Waals surface area contributed by atoms with E-state index in [1.165, 1.54) is 0 Å². The van der Waals surface area contributed by atoms with Gasteiger partial charge in [-0.05, 0) is 30.0 Å². The zero-order valence-electron chi connectivity index (χ0n) is 11.3. The second-order valence-electron chi connectivity index (χ2n) is 5.11. The van der Waals surface area contributed by atoms with Crippen LogP contribution in [0.2, 0.25) is 5.02 Å². The Kier molecular flexibility index (Phi) is 5.15. The Morgan fingerprint density at radius 2 is 2.00 bits per heavy atom. The first-order valence-corrected chi connectivity index (χ1v) is 6.59. The largest absolute Gasteiger partial charge is 0.480 e. The van der Waals surface area contributed by atoms with Crippen LogP contribution in [-0.2, 0) is 4.79 Å². The number of aliphatic carboxylic acids is 1. The highest BCUT2D eigenvalue weighted by atomic mass is 35.5. The normalized spacial score (nSPS) is 15.8. The average molecular weight is 282 g/mol. The minimum atomic E-state index is -1.36. The van der Waals surface area contributed by atoms with Gasteiger partial charge in [-0.2, -0.15) is 0 Å². The Hall–Kier alpha value is -1.32. The number of nitrogens with two attached hydrogens (primary N) is 1. The van der Waals surface area contributed by atoms with Crippen molar-refractivity contribution in [3.63, 3.8) is 0 Å². The molecule has 19 heavy (non-hydrogen) atoms. The molecule has 1 aromatic rings. The Morgan fingerprint density at radius 1 is 1.47 bits per heavy atom. The van der Waals surface area contributed by atoms with Crippen LogP contribution < -0.4 is 5.73 Å². The summed E-state index contributed by atoms with van der Waals surface area (Å²) in [6, 6.07) is 7.17. The second-order valence-corrected chi connectivity index (χ2v) is 5.55. The van der Waals surface area contributed by atoms with Crippen LogP contribution in [0.15, 0.2) is 36.9 Å². The lowest BCUT2D eigenvalue weighted by Crippen LogP contribution is -2.54. The standard InChI is InChI=1S/C15H20ClNO2/c1-4-9-15(17,14(18)19)13(10(2)3)11-5-7-12(16)8-6-11/h4-8,10,13H,1,9,17H2,2-3H3,(H,18,19). The zero-order valence-corrected chi connectivity index (χ0v) is 12.0. The molecule has 4 heteroatoms. The monoisotopic (exact) mass is 281 g/mol. The second kappa shape index (κ2) is 6.22. The van der Waals surface area contributed by atoms with Gasteiger partial charge in [-0.3, -0.25) is 4.79 Å². The third kappa shape index (κ3) is 3.37. The highest BCUT2D eigenvalue weighted by molar-refractivity contribution is 6.30. The van der Waals surface area contributed by atoms with Crippen molar-refractivity contribution in [2.75, 3.05) is 0 Å². The van der Waals surface area contributed by atoms with Crippen LogP contribution in [0.3, 0.4) is 0 Å². The third-order valence-electron chi connectivity index (χ3n) is 3.33. The summed E-state index contributed by atoms with van der Waals surface area (Å²) in [5, 5.41) is 10.1. The molecule has 3 N–H and O–H groups in total. The summed E-state index contributed by atoms with van der Waals surface area (Å²) >= 11 is 5.87. The Bertz CT molecular complexity index is 456. The molecule has 0 amide bonds. The molecule has 0 radical (unpaired) electrons. The first kappa shape index (κ1) is 15.7. The fourth-order valence-electron chi connectivity index (χ4n) is 2.53. The molecule has 0 heterocycles. The topological polar surface area (TPSA) is 63.3 Å². The lowest BCUT2D eigenvalue weighted by Gasteiger charge is -2.36. The number of hydrogen-bond acceptors (Lipinski definition) is 2. The first-order valence-electron chi connectivity index (χ1n) is 6.21. The molecule has 0 saturated heterocycles. The maximum atomic E-state index is 11.6. The van der Waals surface area contributed by atoms with Crippen LogP contribution in [0.1, 0.15) is 31.7 Å². The van der Waals surface area contributed by atoms with E-state index in [2.05, 4.69) is 6.58 Å². The van der Waals surface area contributed by atoms with Crippen molar-refractivity contribution >= 4 is 17.6 Å². The molecule has 104 valence electrons. The van der Waals surface area contributed by atoms with Gasteiger partial charge in [-0.15, -0.1) is 6.58 Å². The fourth-order valence-corrected chi connectivity index (χ4v) is 2.66. The third-order valence-corrected chi connectivity index (χ3v) is 3.58. The minimum absolute atomic E-state index is 0.0854. The predicted molar refractivity (Wildman–Crippen MR) is 78.4 cm³/mol. The minimum Gasteiger partial charge on any atom is -0.480 e. The molecular formula is C15H20ClNO2. The van der Waals surface area contributed by atoms with E-state index in [-0.39, 0.29) is 18.3 Å². The Balaban J connectivity index is 3.29. The van der Waals surface area contributed by atoms with E-state index in [0.717, 1.165) is 5.56 Å². The summed E-state index contributed by atoms with van der Waals surface area (Å²) < 4.78 is 0. The summed E-state index contributed by atoms with van der Waals surface area (Å²) in [6.45, 7) is 7.54. The van der Waals surface area contributed by atoms with Gasteiger partial charge in [0.25, 0.3) is 0 Å². The number of halogens is 1. The summed E-state index contributed by atoms with van der Waals surface area (Å²) in [7, 11) is 0. The Labute approximate surface area is 119 Å². The van der Waals surface area contributed by atoms with Gasteiger partial charge in [0.1, 0.15) is 5.54 Å². The highest BCUT2D eigenvalue weighted by Crippen LogP contribution is 2.36. The van der Waals surface area contributed by atoms with Crippen LogP contribution in [0.25, 0.3) is 0 Å². The quantitative estimate of drug-likeness (QED) is 0.785. The zero-order chi connectivity index (χ0) is 14.6.